The van der Waals surface area contributed by atoms with Gasteiger partial charge in [0.15, 0.2) is 0 Å². The highest BCUT2D eigenvalue weighted by Gasteiger charge is 2.33. The van der Waals surface area contributed by atoms with Crippen molar-refractivity contribution in [2.24, 2.45) is 5.92 Å². The summed E-state index contributed by atoms with van der Waals surface area (Å²) in [4.78, 5) is 23.3. The van der Waals surface area contributed by atoms with Gasteiger partial charge in [0.1, 0.15) is 5.75 Å². The standard InChI is InChI=1S/C16H21NO5/c1-2-21-12-7-5-11(6-8-12)17-15(18)10-13(16(19)20)14-4-3-9-22-14/h5-8,13-14H,2-4,9-10H2,1H3,(H,17,18)(H,19,20)/t13-,14-/m1/s1. The van der Waals surface area contributed by atoms with Crippen LogP contribution in [0.5, 0.6) is 5.75 Å². The van der Waals surface area contributed by atoms with Crippen molar-refractivity contribution in [2.45, 2.75) is 32.3 Å². The summed E-state index contributed by atoms with van der Waals surface area (Å²) >= 11 is 0. The summed E-state index contributed by atoms with van der Waals surface area (Å²) in [6.07, 6.45) is 1.07. The summed E-state index contributed by atoms with van der Waals surface area (Å²) in [5, 5.41) is 12.0. The van der Waals surface area contributed by atoms with E-state index >= 15 is 0 Å². The summed E-state index contributed by atoms with van der Waals surface area (Å²) in [6.45, 7) is 3.04. The highest BCUT2D eigenvalue weighted by Crippen LogP contribution is 2.24. The third-order valence-electron chi connectivity index (χ3n) is 3.59. The molecule has 0 unspecified atom stereocenters. The minimum Gasteiger partial charge on any atom is -0.494 e. The fourth-order valence-electron chi connectivity index (χ4n) is 2.51. The molecule has 1 heterocycles. The van der Waals surface area contributed by atoms with Crippen LogP contribution in [-0.4, -0.2) is 36.3 Å². The Kier molecular flexibility index (Phi) is 5.77. The van der Waals surface area contributed by atoms with Crippen LogP contribution in [0.25, 0.3) is 0 Å². The van der Waals surface area contributed by atoms with Gasteiger partial charge < -0.3 is 19.9 Å². The predicted molar refractivity (Wildman–Crippen MR) is 81.0 cm³/mol. The van der Waals surface area contributed by atoms with Crippen LogP contribution in [0.3, 0.4) is 0 Å². The monoisotopic (exact) mass is 307 g/mol. The molecule has 0 bridgehead atoms. The highest BCUT2D eigenvalue weighted by atomic mass is 16.5. The molecule has 22 heavy (non-hydrogen) atoms. The second kappa shape index (κ2) is 7.79. The summed E-state index contributed by atoms with van der Waals surface area (Å²) in [5.74, 6) is -1.39. The van der Waals surface area contributed by atoms with Gasteiger partial charge in [-0.1, -0.05) is 0 Å². The van der Waals surface area contributed by atoms with Gasteiger partial charge in [-0.2, -0.15) is 0 Å². The number of rotatable bonds is 7. The molecule has 6 heteroatoms. The molecule has 0 radical (unpaired) electrons. The van der Waals surface area contributed by atoms with Gasteiger partial charge in [0, 0.05) is 18.7 Å². The minimum atomic E-state index is -0.992. The number of hydrogen-bond donors (Lipinski definition) is 2. The largest absolute Gasteiger partial charge is 0.494 e. The van der Waals surface area contributed by atoms with Gasteiger partial charge in [-0.3, -0.25) is 9.59 Å². The molecule has 6 nitrogen and oxygen atoms in total. The predicted octanol–water partition coefficient (Wildman–Crippen LogP) is 2.29. The fraction of sp³-hybridized carbons (Fsp3) is 0.500. The normalized spacial score (nSPS) is 18.7. The number of aliphatic carboxylic acids is 1. The lowest BCUT2D eigenvalue weighted by Crippen LogP contribution is -2.31. The zero-order valence-electron chi connectivity index (χ0n) is 12.6. The third kappa shape index (κ3) is 4.46. The third-order valence-corrected chi connectivity index (χ3v) is 3.59. The lowest BCUT2D eigenvalue weighted by atomic mass is 9.96. The molecule has 0 aromatic heterocycles. The molecule has 0 spiro atoms. The molecule has 1 aliphatic rings. The maximum absolute atomic E-state index is 12.0. The van der Waals surface area contributed by atoms with E-state index in [2.05, 4.69) is 5.32 Å². The molecular formula is C16H21NO5. The van der Waals surface area contributed by atoms with Gasteiger partial charge in [0.2, 0.25) is 5.91 Å². The molecule has 0 saturated carbocycles. The molecule has 1 fully saturated rings. The van der Waals surface area contributed by atoms with Gasteiger partial charge >= 0.3 is 5.97 Å². The van der Waals surface area contributed by atoms with Crippen LogP contribution in [0, 0.1) is 5.92 Å². The first-order valence-corrected chi connectivity index (χ1v) is 7.47. The molecule has 1 aromatic carbocycles. The van der Waals surface area contributed by atoms with Crippen LogP contribution in [0.15, 0.2) is 24.3 Å². The number of carbonyl (C=O) groups is 2. The topological polar surface area (TPSA) is 84.9 Å². The Balaban J connectivity index is 1.91. The Morgan fingerprint density at radius 2 is 2.14 bits per heavy atom. The van der Waals surface area contributed by atoms with Crippen molar-refractivity contribution in [1.29, 1.82) is 0 Å². The molecule has 2 atom stereocenters. The zero-order valence-corrected chi connectivity index (χ0v) is 12.6. The van der Waals surface area contributed by atoms with Crippen LogP contribution in [-0.2, 0) is 14.3 Å². The lowest BCUT2D eigenvalue weighted by molar-refractivity contribution is -0.148. The van der Waals surface area contributed by atoms with E-state index in [4.69, 9.17) is 9.47 Å². The van der Waals surface area contributed by atoms with E-state index < -0.39 is 11.9 Å². The Hall–Kier alpha value is -2.08. The van der Waals surface area contributed by atoms with Crippen molar-refractivity contribution in [3.05, 3.63) is 24.3 Å². The first kappa shape index (κ1) is 16.3. The number of carboxylic acid groups (broad SMARTS) is 1. The van der Waals surface area contributed by atoms with Gasteiger partial charge in [-0.25, -0.2) is 0 Å². The molecule has 2 N–H and O–H groups in total. The number of hydrogen-bond acceptors (Lipinski definition) is 4. The maximum Gasteiger partial charge on any atom is 0.309 e. The van der Waals surface area contributed by atoms with Crippen LogP contribution in [0.2, 0.25) is 0 Å². The van der Waals surface area contributed by atoms with E-state index in [1.165, 1.54) is 0 Å². The Morgan fingerprint density at radius 1 is 1.41 bits per heavy atom. The number of carboxylic acids is 1. The highest BCUT2D eigenvalue weighted by molar-refractivity contribution is 5.93. The van der Waals surface area contributed by atoms with E-state index in [0.29, 0.717) is 25.3 Å². The van der Waals surface area contributed by atoms with E-state index in [1.54, 1.807) is 24.3 Å². The second-order valence-corrected chi connectivity index (χ2v) is 5.21. The summed E-state index contributed by atoms with van der Waals surface area (Å²) < 4.78 is 10.7. The van der Waals surface area contributed by atoms with Gasteiger partial charge in [-0.05, 0) is 44.0 Å². The van der Waals surface area contributed by atoms with Crippen LogP contribution in [0.1, 0.15) is 26.2 Å². The summed E-state index contributed by atoms with van der Waals surface area (Å²) in [7, 11) is 0. The number of anilines is 1. The first-order chi connectivity index (χ1) is 10.6. The van der Waals surface area contributed by atoms with E-state index in [0.717, 1.165) is 12.2 Å². The number of amides is 1. The molecule has 1 saturated heterocycles. The minimum absolute atomic E-state index is 0.0901. The molecule has 1 aliphatic heterocycles. The fourth-order valence-corrected chi connectivity index (χ4v) is 2.51. The van der Waals surface area contributed by atoms with Gasteiger partial charge in [0.05, 0.1) is 18.6 Å². The molecule has 0 aliphatic carbocycles. The van der Waals surface area contributed by atoms with E-state index in [1.807, 2.05) is 6.92 Å². The average molecular weight is 307 g/mol. The summed E-state index contributed by atoms with van der Waals surface area (Å²) in [5.41, 5.74) is 0.616. The van der Waals surface area contributed by atoms with Crippen molar-refractivity contribution >= 4 is 17.6 Å². The molecule has 2 rings (SSSR count). The van der Waals surface area contributed by atoms with Gasteiger partial charge in [0.25, 0.3) is 0 Å². The Bertz CT molecular complexity index is 508. The van der Waals surface area contributed by atoms with Crippen LogP contribution in [0.4, 0.5) is 5.69 Å². The maximum atomic E-state index is 12.0. The molecule has 1 amide bonds. The average Bonchev–Trinajstić information content (AvgIpc) is 3.01. The van der Waals surface area contributed by atoms with E-state index in [-0.39, 0.29) is 18.4 Å². The zero-order chi connectivity index (χ0) is 15.9. The molecule has 120 valence electrons. The van der Waals surface area contributed by atoms with Gasteiger partial charge in [-0.15, -0.1) is 0 Å². The van der Waals surface area contributed by atoms with Crippen molar-refractivity contribution < 1.29 is 24.2 Å². The van der Waals surface area contributed by atoms with Crippen molar-refractivity contribution in [3.63, 3.8) is 0 Å². The van der Waals surface area contributed by atoms with Crippen molar-refractivity contribution in [1.82, 2.24) is 0 Å². The smallest absolute Gasteiger partial charge is 0.309 e. The van der Waals surface area contributed by atoms with Crippen LogP contribution < -0.4 is 10.1 Å². The quantitative estimate of drug-likeness (QED) is 0.807. The Labute approximate surface area is 129 Å². The molecular weight excluding hydrogens is 286 g/mol. The van der Waals surface area contributed by atoms with E-state index in [9.17, 15) is 14.7 Å². The number of nitrogens with one attached hydrogen (secondary N) is 1. The van der Waals surface area contributed by atoms with Crippen molar-refractivity contribution in [3.8, 4) is 5.75 Å². The second-order valence-electron chi connectivity index (χ2n) is 5.21. The number of benzene rings is 1. The lowest BCUT2D eigenvalue weighted by Gasteiger charge is -2.18. The first-order valence-electron chi connectivity index (χ1n) is 7.47. The molecule has 1 aromatic rings. The Morgan fingerprint density at radius 3 is 2.68 bits per heavy atom. The van der Waals surface area contributed by atoms with Crippen molar-refractivity contribution in [2.75, 3.05) is 18.5 Å². The SMILES string of the molecule is CCOc1ccc(NC(=O)C[C@@H](C(=O)O)[C@H]2CCCO2)cc1. The summed E-state index contributed by atoms with van der Waals surface area (Å²) in [6, 6.07) is 6.97. The number of ether oxygens (including phenoxy) is 2. The number of carbonyl (C=O) groups excluding carboxylic acids is 1. The van der Waals surface area contributed by atoms with Crippen LogP contribution >= 0.6 is 0 Å².